The van der Waals surface area contributed by atoms with E-state index in [0.29, 0.717) is 24.6 Å². The number of nitro groups is 1. The lowest BCUT2D eigenvalue weighted by Gasteiger charge is -2.25. The standard InChI is InChI=1S/C25H22N4O3/c1-25(2)21-14-17(8-10-19(21)20-11-9-18(29(31)32)15-22(20)25)28-13-12-26-24(28)27-23(30)16-6-4-3-5-7-16/h3-11,14-15H,12-13H2,1-2H3,(H,26,27,30). The number of non-ortho nitro benzene ring substituents is 1. The van der Waals surface area contributed by atoms with Crippen molar-refractivity contribution < 1.29 is 9.72 Å². The molecular weight excluding hydrogens is 404 g/mol. The van der Waals surface area contributed by atoms with Gasteiger partial charge in [-0.05, 0) is 52.6 Å². The summed E-state index contributed by atoms with van der Waals surface area (Å²) in [6.45, 7) is 5.43. The Bertz CT molecular complexity index is 1280. The van der Waals surface area contributed by atoms with E-state index in [0.717, 1.165) is 27.9 Å². The molecule has 0 fully saturated rings. The van der Waals surface area contributed by atoms with Crippen molar-refractivity contribution in [3.8, 4) is 11.1 Å². The van der Waals surface area contributed by atoms with E-state index < -0.39 is 0 Å². The highest BCUT2D eigenvalue weighted by Gasteiger charge is 2.37. The Morgan fingerprint density at radius 1 is 1.03 bits per heavy atom. The van der Waals surface area contributed by atoms with Crippen LogP contribution in [0.2, 0.25) is 0 Å². The number of anilines is 1. The highest BCUT2D eigenvalue weighted by atomic mass is 16.6. The normalized spacial score (nSPS) is 15.7. The molecule has 1 amide bonds. The fourth-order valence-electron chi connectivity index (χ4n) is 4.56. The number of benzene rings is 3. The smallest absolute Gasteiger partial charge is 0.269 e. The predicted octanol–water partition coefficient (Wildman–Crippen LogP) is 4.51. The Morgan fingerprint density at radius 2 is 1.72 bits per heavy atom. The van der Waals surface area contributed by atoms with Crippen molar-refractivity contribution in [3.05, 3.63) is 93.5 Å². The second-order valence-electron chi connectivity index (χ2n) is 8.52. The van der Waals surface area contributed by atoms with Gasteiger partial charge in [0.15, 0.2) is 0 Å². The monoisotopic (exact) mass is 426 g/mol. The Kier molecular flexibility index (Phi) is 4.55. The van der Waals surface area contributed by atoms with Crippen LogP contribution < -0.4 is 10.2 Å². The van der Waals surface area contributed by atoms with Gasteiger partial charge in [0.2, 0.25) is 5.96 Å². The molecular formula is C25H22N4O3. The van der Waals surface area contributed by atoms with Gasteiger partial charge < -0.3 is 4.90 Å². The summed E-state index contributed by atoms with van der Waals surface area (Å²) in [5.41, 5.74) is 5.39. The van der Waals surface area contributed by atoms with Crippen molar-refractivity contribution in [2.75, 3.05) is 18.0 Å². The van der Waals surface area contributed by atoms with E-state index in [4.69, 9.17) is 0 Å². The number of nitro benzene ring substituents is 1. The van der Waals surface area contributed by atoms with Gasteiger partial charge in [-0.2, -0.15) is 0 Å². The highest BCUT2D eigenvalue weighted by molar-refractivity contribution is 6.11. The van der Waals surface area contributed by atoms with Crippen LogP contribution in [-0.4, -0.2) is 29.9 Å². The van der Waals surface area contributed by atoms with Crippen molar-refractivity contribution in [1.29, 1.82) is 0 Å². The van der Waals surface area contributed by atoms with E-state index in [1.165, 1.54) is 0 Å². The molecule has 1 aliphatic carbocycles. The van der Waals surface area contributed by atoms with Crippen LogP contribution in [0.3, 0.4) is 0 Å². The third-order valence-electron chi connectivity index (χ3n) is 6.27. The molecule has 0 radical (unpaired) electrons. The zero-order chi connectivity index (χ0) is 22.5. The molecule has 32 heavy (non-hydrogen) atoms. The third kappa shape index (κ3) is 3.13. The van der Waals surface area contributed by atoms with Gasteiger partial charge in [0.05, 0.1) is 11.5 Å². The molecule has 160 valence electrons. The minimum absolute atomic E-state index is 0.0995. The second kappa shape index (κ2) is 7.30. The molecule has 0 saturated carbocycles. The maximum absolute atomic E-state index is 12.6. The molecule has 7 heteroatoms. The molecule has 0 atom stereocenters. The number of rotatable bonds is 3. The maximum Gasteiger partial charge on any atom is 0.269 e. The summed E-state index contributed by atoms with van der Waals surface area (Å²) in [5.74, 6) is 0.334. The summed E-state index contributed by atoms with van der Waals surface area (Å²) in [5, 5.41) is 14.2. The van der Waals surface area contributed by atoms with Crippen LogP contribution in [-0.2, 0) is 5.41 Å². The Balaban J connectivity index is 1.47. The number of hydrogen-bond acceptors (Lipinski definition) is 5. The van der Waals surface area contributed by atoms with Crippen LogP contribution in [0.15, 0.2) is 71.7 Å². The SMILES string of the molecule is CC1(C)c2cc(N3CCN=C3NC(=O)c3ccccc3)ccc2-c2ccc([N+](=O)[O-])cc21. The number of nitrogens with zero attached hydrogens (tertiary/aromatic N) is 3. The van der Waals surface area contributed by atoms with E-state index in [-0.39, 0.29) is 21.9 Å². The molecule has 0 saturated heterocycles. The molecule has 5 rings (SSSR count). The minimum atomic E-state index is -0.378. The first-order chi connectivity index (χ1) is 15.4. The van der Waals surface area contributed by atoms with Crippen molar-refractivity contribution in [2.45, 2.75) is 19.3 Å². The van der Waals surface area contributed by atoms with E-state index in [2.05, 4.69) is 36.3 Å². The number of nitrogens with one attached hydrogen (secondary N) is 1. The molecule has 1 aliphatic heterocycles. The Hall–Kier alpha value is -4.00. The van der Waals surface area contributed by atoms with E-state index in [1.807, 2.05) is 35.2 Å². The molecule has 1 N–H and O–H groups in total. The summed E-state index contributed by atoms with van der Waals surface area (Å²) in [6, 6.07) is 20.3. The number of amides is 1. The summed E-state index contributed by atoms with van der Waals surface area (Å²) >= 11 is 0. The van der Waals surface area contributed by atoms with Crippen LogP contribution in [0.1, 0.15) is 35.3 Å². The number of fused-ring (bicyclic) bond motifs is 3. The van der Waals surface area contributed by atoms with Crippen molar-refractivity contribution in [2.24, 2.45) is 4.99 Å². The number of carbonyl (C=O) groups is 1. The van der Waals surface area contributed by atoms with Gasteiger partial charge >= 0.3 is 0 Å². The van der Waals surface area contributed by atoms with Crippen LogP contribution in [0.4, 0.5) is 11.4 Å². The molecule has 3 aromatic rings. The average molecular weight is 426 g/mol. The zero-order valence-corrected chi connectivity index (χ0v) is 17.8. The Morgan fingerprint density at radius 3 is 2.44 bits per heavy atom. The van der Waals surface area contributed by atoms with Crippen LogP contribution in [0.25, 0.3) is 11.1 Å². The lowest BCUT2D eigenvalue weighted by molar-refractivity contribution is -0.384. The van der Waals surface area contributed by atoms with E-state index in [9.17, 15) is 14.9 Å². The molecule has 7 nitrogen and oxygen atoms in total. The Labute approximate surface area is 185 Å². The first kappa shape index (κ1) is 19.9. The second-order valence-corrected chi connectivity index (χ2v) is 8.52. The van der Waals surface area contributed by atoms with Crippen molar-refractivity contribution >= 4 is 23.2 Å². The maximum atomic E-state index is 12.6. The molecule has 0 aromatic heterocycles. The molecule has 1 heterocycles. The highest BCUT2D eigenvalue weighted by Crippen LogP contribution is 2.50. The van der Waals surface area contributed by atoms with Crippen molar-refractivity contribution in [3.63, 3.8) is 0 Å². The van der Waals surface area contributed by atoms with Gasteiger partial charge in [0, 0.05) is 35.3 Å². The summed E-state index contributed by atoms with van der Waals surface area (Å²) in [6.07, 6.45) is 0. The van der Waals surface area contributed by atoms with E-state index in [1.54, 1.807) is 24.3 Å². The van der Waals surface area contributed by atoms with Crippen molar-refractivity contribution in [1.82, 2.24) is 5.32 Å². The predicted molar refractivity (Wildman–Crippen MR) is 124 cm³/mol. The number of aliphatic imine (C=N–C) groups is 1. The fraction of sp³-hybridized carbons (Fsp3) is 0.200. The summed E-state index contributed by atoms with van der Waals surface area (Å²) in [7, 11) is 0. The van der Waals surface area contributed by atoms with Gasteiger partial charge in [-0.1, -0.05) is 38.1 Å². The lowest BCUT2D eigenvalue weighted by Crippen LogP contribution is -2.41. The van der Waals surface area contributed by atoms with Gasteiger partial charge in [-0.15, -0.1) is 0 Å². The van der Waals surface area contributed by atoms with Gasteiger partial charge in [0.25, 0.3) is 11.6 Å². The van der Waals surface area contributed by atoms with Gasteiger partial charge in [-0.3, -0.25) is 25.2 Å². The quantitative estimate of drug-likeness (QED) is 0.493. The van der Waals surface area contributed by atoms with Gasteiger partial charge in [0.1, 0.15) is 0 Å². The summed E-state index contributed by atoms with van der Waals surface area (Å²) < 4.78 is 0. The molecule has 0 bridgehead atoms. The molecule has 3 aromatic carbocycles. The largest absolute Gasteiger partial charge is 0.310 e. The molecule has 0 unspecified atom stereocenters. The van der Waals surface area contributed by atoms with Crippen LogP contribution >= 0.6 is 0 Å². The zero-order valence-electron chi connectivity index (χ0n) is 17.8. The minimum Gasteiger partial charge on any atom is -0.310 e. The number of guanidine groups is 1. The van der Waals surface area contributed by atoms with Gasteiger partial charge in [-0.25, -0.2) is 0 Å². The molecule has 0 spiro atoms. The topological polar surface area (TPSA) is 87.8 Å². The molecule has 2 aliphatic rings. The average Bonchev–Trinajstić information content (AvgIpc) is 3.34. The first-order valence-corrected chi connectivity index (χ1v) is 10.5. The summed E-state index contributed by atoms with van der Waals surface area (Å²) in [4.78, 5) is 30.1. The number of carbonyl (C=O) groups excluding carboxylic acids is 1. The van der Waals surface area contributed by atoms with Crippen LogP contribution in [0, 0.1) is 10.1 Å². The fourth-order valence-corrected chi connectivity index (χ4v) is 4.56. The lowest BCUT2D eigenvalue weighted by atomic mass is 9.82. The van der Waals surface area contributed by atoms with Crippen LogP contribution in [0.5, 0.6) is 0 Å². The first-order valence-electron chi connectivity index (χ1n) is 10.5. The van der Waals surface area contributed by atoms with E-state index >= 15 is 0 Å². The third-order valence-corrected chi connectivity index (χ3v) is 6.27. The number of hydrogen-bond donors (Lipinski definition) is 1.